The van der Waals surface area contributed by atoms with Crippen LogP contribution in [0, 0.1) is 0 Å². The van der Waals surface area contributed by atoms with Crippen molar-refractivity contribution in [3.05, 3.63) is 53.0 Å². The van der Waals surface area contributed by atoms with Gasteiger partial charge in [-0.25, -0.2) is 9.97 Å². The Morgan fingerprint density at radius 2 is 1.95 bits per heavy atom. The average Bonchev–Trinajstić information content (AvgIpc) is 3.30. The van der Waals surface area contributed by atoms with Gasteiger partial charge in [-0.15, -0.1) is 0 Å². The van der Waals surface area contributed by atoms with Crippen molar-refractivity contribution in [2.24, 2.45) is 0 Å². The van der Waals surface area contributed by atoms with Crippen LogP contribution in [0.4, 0.5) is 0 Å². The van der Waals surface area contributed by atoms with Crippen molar-refractivity contribution < 1.29 is 0 Å². The average molecular weight is 326 g/mol. The number of rotatable bonds is 2. The van der Waals surface area contributed by atoms with Gasteiger partial charge in [0.15, 0.2) is 0 Å². The molecule has 1 fully saturated rings. The van der Waals surface area contributed by atoms with E-state index in [9.17, 15) is 0 Å². The second-order valence-electron chi connectivity index (χ2n) is 5.08. The van der Waals surface area contributed by atoms with Crippen molar-refractivity contribution in [2.75, 3.05) is 0 Å². The van der Waals surface area contributed by atoms with Gasteiger partial charge in [-0.3, -0.25) is 4.98 Å². The molecule has 98 valence electrons. The highest BCUT2D eigenvalue weighted by molar-refractivity contribution is 9.10. The Morgan fingerprint density at radius 1 is 1.05 bits per heavy atom. The van der Waals surface area contributed by atoms with Crippen molar-refractivity contribution in [2.45, 2.75) is 18.8 Å². The van der Waals surface area contributed by atoms with Gasteiger partial charge in [0.2, 0.25) is 0 Å². The summed E-state index contributed by atoms with van der Waals surface area (Å²) >= 11 is 3.50. The largest absolute Gasteiger partial charge is 0.256 e. The zero-order valence-electron chi connectivity index (χ0n) is 10.8. The molecule has 1 aliphatic carbocycles. The third-order valence-electron chi connectivity index (χ3n) is 3.58. The lowest BCUT2D eigenvalue weighted by molar-refractivity contribution is 0.920. The summed E-state index contributed by atoms with van der Waals surface area (Å²) in [5, 5.41) is 1.13. The van der Waals surface area contributed by atoms with E-state index < -0.39 is 0 Å². The van der Waals surface area contributed by atoms with Crippen LogP contribution in [-0.4, -0.2) is 15.0 Å². The molecular weight excluding hydrogens is 314 g/mol. The number of nitrogens with zero attached hydrogens (tertiary/aromatic N) is 3. The van der Waals surface area contributed by atoms with E-state index in [1.54, 1.807) is 0 Å². The molecule has 2 aromatic heterocycles. The third-order valence-corrected chi connectivity index (χ3v) is 3.98. The third kappa shape index (κ3) is 2.10. The summed E-state index contributed by atoms with van der Waals surface area (Å²) in [7, 11) is 0. The number of halogens is 1. The predicted octanol–water partition coefficient (Wildman–Crippen LogP) is 4.33. The zero-order valence-corrected chi connectivity index (χ0v) is 12.3. The van der Waals surface area contributed by atoms with Crippen molar-refractivity contribution in [1.29, 1.82) is 0 Å². The molecule has 0 atom stereocenters. The van der Waals surface area contributed by atoms with Gasteiger partial charge in [-0.1, -0.05) is 18.2 Å². The van der Waals surface area contributed by atoms with Crippen molar-refractivity contribution in [3.8, 4) is 11.3 Å². The molecule has 1 aliphatic rings. The molecule has 3 aromatic rings. The van der Waals surface area contributed by atoms with Crippen LogP contribution in [0.3, 0.4) is 0 Å². The molecule has 20 heavy (non-hydrogen) atoms. The van der Waals surface area contributed by atoms with Gasteiger partial charge in [0.1, 0.15) is 10.4 Å². The molecule has 3 nitrogen and oxygen atoms in total. The molecule has 0 bridgehead atoms. The molecule has 4 heteroatoms. The Morgan fingerprint density at radius 3 is 2.80 bits per heavy atom. The Hall–Kier alpha value is -1.81. The highest BCUT2D eigenvalue weighted by atomic mass is 79.9. The molecule has 2 heterocycles. The van der Waals surface area contributed by atoms with Crippen LogP contribution in [-0.2, 0) is 0 Å². The van der Waals surface area contributed by atoms with Gasteiger partial charge in [0.05, 0.1) is 11.2 Å². The monoisotopic (exact) mass is 325 g/mol. The fraction of sp³-hybridized carbons (Fsp3) is 0.188. The lowest BCUT2D eigenvalue weighted by Gasteiger charge is -2.07. The summed E-state index contributed by atoms with van der Waals surface area (Å²) in [5.74, 6) is 1.50. The molecule has 0 radical (unpaired) electrons. The highest BCUT2D eigenvalue weighted by Gasteiger charge is 2.27. The lowest BCUT2D eigenvalue weighted by Crippen LogP contribution is -1.96. The molecule has 0 aliphatic heterocycles. The van der Waals surface area contributed by atoms with Gasteiger partial charge in [0, 0.05) is 23.1 Å². The fourth-order valence-electron chi connectivity index (χ4n) is 2.42. The van der Waals surface area contributed by atoms with Crippen LogP contribution in [0.5, 0.6) is 0 Å². The quantitative estimate of drug-likeness (QED) is 0.658. The molecule has 0 saturated heterocycles. The summed E-state index contributed by atoms with van der Waals surface area (Å²) in [6.07, 6.45) is 4.22. The standard InChI is InChI=1S/C16H12BrN3/c17-15-9-14(19-16(20-15)10-6-7-10)12-3-1-5-13-11(12)4-2-8-18-13/h1-5,8-10H,6-7H2. The molecule has 1 saturated carbocycles. The van der Waals surface area contributed by atoms with Crippen molar-refractivity contribution in [1.82, 2.24) is 15.0 Å². The first-order valence-electron chi connectivity index (χ1n) is 6.70. The van der Waals surface area contributed by atoms with Crippen LogP contribution < -0.4 is 0 Å². The second-order valence-corrected chi connectivity index (χ2v) is 5.90. The minimum Gasteiger partial charge on any atom is -0.256 e. The number of fused-ring (bicyclic) bond motifs is 1. The number of aromatic nitrogens is 3. The highest BCUT2D eigenvalue weighted by Crippen LogP contribution is 2.39. The maximum absolute atomic E-state index is 4.75. The minimum absolute atomic E-state index is 0.541. The Kier molecular flexibility index (Phi) is 2.77. The maximum Gasteiger partial charge on any atom is 0.133 e. The minimum atomic E-state index is 0.541. The molecule has 0 spiro atoms. The maximum atomic E-state index is 4.75. The first-order chi connectivity index (χ1) is 9.81. The zero-order chi connectivity index (χ0) is 13.5. The fourth-order valence-corrected chi connectivity index (χ4v) is 2.82. The van der Waals surface area contributed by atoms with Gasteiger partial charge in [-0.05, 0) is 47.0 Å². The first kappa shape index (κ1) is 12.0. The van der Waals surface area contributed by atoms with Gasteiger partial charge in [-0.2, -0.15) is 0 Å². The van der Waals surface area contributed by atoms with Crippen LogP contribution in [0.25, 0.3) is 22.2 Å². The summed E-state index contributed by atoms with van der Waals surface area (Å²) in [6, 6.07) is 12.2. The predicted molar refractivity (Wildman–Crippen MR) is 82.4 cm³/mol. The van der Waals surface area contributed by atoms with E-state index in [0.717, 1.165) is 32.6 Å². The van der Waals surface area contributed by atoms with E-state index >= 15 is 0 Å². The van der Waals surface area contributed by atoms with Crippen LogP contribution >= 0.6 is 15.9 Å². The van der Waals surface area contributed by atoms with Crippen molar-refractivity contribution in [3.63, 3.8) is 0 Å². The van der Waals surface area contributed by atoms with E-state index in [0.29, 0.717) is 5.92 Å². The van der Waals surface area contributed by atoms with E-state index in [-0.39, 0.29) is 0 Å². The lowest BCUT2D eigenvalue weighted by atomic mass is 10.1. The normalized spacial score (nSPS) is 14.7. The second kappa shape index (κ2) is 4.63. The van der Waals surface area contributed by atoms with Gasteiger partial charge >= 0.3 is 0 Å². The molecular formula is C16H12BrN3. The van der Waals surface area contributed by atoms with Crippen LogP contribution in [0.1, 0.15) is 24.6 Å². The van der Waals surface area contributed by atoms with Crippen molar-refractivity contribution >= 4 is 26.8 Å². The van der Waals surface area contributed by atoms with E-state index in [1.165, 1.54) is 12.8 Å². The first-order valence-corrected chi connectivity index (χ1v) is 7.49. The summed E-state index contributed by atoms with van der Waals surface area (Å²) < 4.78 is 0.852. The molecule has 4 rings (SSSR count). The summed E-state index contributed by atoms with van der Waals surface area (Å²) in [5.41, 5.74) is 3.07. The Labute approximate surface area is 125 Å². The van der Waals surface area contributed by atoms with Gasteiger partial charge in [0.25, 0.3) is 0 Å². The van der Waals surface area contributed by atoms with E-state index in [4.69, 9.17) is 4.98 Å². The SMILES string of the molecule is Brc1cc(-c2cccc3ncccc23)nc(C2CC2)n1. The van der Waals surface area contributed by atoms with Gasteiger partial charge < -0.3 is 0 Å². The molecule has 0 unspecified atom stereocenters. The summed E-state index contributed by atoms with van der Waals surface area (Å²) in [4.78, 5) is 13.6. The number of benzene rings is 1. The van der Waals surface area contributed by atoms with Crippen LogP contribution in [0.15, 0.2) is 47.2 Å². The van der Waals surface area contributed by atoms with E-state index in [1.807, 2.05) is 30.5 Å². The number of pyridine rings is 1. The topological polar surface area (TPSA) is 38.7 Å². The van der Waals surface area contributed by atoms with E-state index in [2.05, 4.69) is 38.0 Å². The number of hydrogen-bond donors (Lipinski definition) is 0. The Bertz CT molecular complexity index is 791. The molecule has 0 amide bonds. The molecule has 0 N–H and O–H groups in total. The Balaban J connectivity index is 1.94. The smallest absolute Gasteiger partial charge is 0.133 e. The number of hydrogen-bond acceptors (Lipinski definition) is 3. The molecule has 1 aromatic carbocycles. The van der Waals surface area contributed by atoms with Crippen LogP contribution in [0.2, 0.25) is 0 Å². The summed E-state index contributed by atoms with van der Waals surface area (Å²) in [6.45, 7) is 0.